The van der Waals surface area contributed by atoms with Crippen molar-refractivity contribution < 1.29 is 23.7 Å². The fraction of sp³-hybridized carbons (Fsp3) is 0.955. The molecule has 168 valence electrons. The lowest BCUT2D eigenvalue weighted by molar-refractivity contribution is -0.214. The lowest BCUT2D eigenvalue weighted by Crippen LogP contribution is -2.61. The van der Waals surface area contributed by atoms with E-state index in [2.05, 4.69) is 9.80 Å². The van der Waals surface area contributed by atoms with E-state index in [-0.39, 0.29) is 29.9 Å². The molecule has 3 rings (SSSR count). The highest BCUT2D eigenvalue weighted by atomic mass is 16.5. The fourth-order valence-electron chi connectivity index (χ4n) is 5.38. The van der Waals surface area contributed by atoms with E-state index in [0.29, 0.717) is 19.8 Å². The molecule has 0 amide bonds. The Bertz CT molecular complexity index is 497. The molecule has 2 heterocycles. The van der Waals surface area contributed by atoms with Gasteiger partial charge in [-0.2, -0.15) is 0 Å². The molecule has 0 aromatic carbocycles. The van der Waals surface area contributed by atoms with Gasteiger partial charge < -0.3 is 18.9 Å². The van der Waals surface area contributed by atoms with Gasteiger partial charge in [0, 0.05) is 33.9 Å². The third-order valence-electron chi connectivity index (χ3n) is 6.80. The van der Waals surface area contributed by atoms with Crippen molar-refractivity contribution in [3.05, 3.63) is 0 Å². The highest BCUT2D eigenvalue weighted by Gasteiger charge is 2.47. The van der Waals surface area contributed by atoms with Gasteiger partial charge in [0.2, 0.25) is 0 Å². The van der Waals surface area contributed by atoms with Crippen molar-refractivity contribution in [2.24, 2.45) is 5.92 Å². The lowest BCUT2D eigenvalue weighted by Gasteiger charge is -2.46. The first-order valence-corrected chi connectivity index (χ1v) is 11.4. The van der Waals surface area contributed by atoms with Crippen LogP contribution in [0, 0.1) is 5.92 Å². The second-order valence-electron chi connectivity index (χ2n) is 8.82. The Morgan fingerprint density at radius 1 is 1.00 bits per heavy atom. The van der Waals surface area contributed by atoms with Gasteiger partial charge in [-0.15, -0.1) is 0 Å². The van der Waals surface area contributed by atoms with E-state index in [9.17, 15) is 4.79 Å². The van der Waals surface area contributed by atoms with Crippen LogP contribution in [-0.4, -0.2) is 87.4 Å². The molecular formula is C22H40N2O5. The van der Waals surface area contributed by atoms with Gasteiger partial charge in [0.05, 0.1) is 37.4 Å². The van der Waals surface area contributed by atoms with Gasteiger partial charge in [0.25, 0.3) is 0 Å². The lowest BCUT2D eigenvalue weighted by atomic mass is 9.87. The molecule has 0 aromatic heterocycles. The number of carbonyl (C=O) groups excluding carboxylic acids is 1. The van der Waals surface area contributed by atoms with E-state index in [1.807, 2.05) is 6.92 Å². The molecule has 2 saturated heterocycles. The SMILES string of the molecule is CCOC(=O)C1CCC(OC(N2CCCC2)N2CCCC2(COC)COC)CC1. The predicted octanol–water partition coefficient (Wildman–Crippen LogP) is 2.63. The van der Waals surface area contributed by atoms with E-state index in [1.54, 1.807) is 14.2 Å². The molecule has 1 aliphatic carbocycles. The van der Waals surface area contributed by atoms with Gasteiger partial charge in [0.15, 0.2) is 6.35 Å². The van der Waals surface area contributed by atoms with Crippen LogP contribution in [-0.2, 0) is 23.7 Å². The summed E-state index contributed by atoms with van der Waals surface area (Å²) in [6.07, 6.45) is 8.37. The molecule has 1 atom stereocenters. The second-order valence-corrected chi connectivity index (χ2v) is 8.82. The quantitative estimate of drug-likeness (QED) is 0.511. The molecule has 0 aromatic rings. The van der Waals surface area contributed by atoms with Gasteiger partial charge in [-0.3, -0.25) is 14.6 Å². The summed E-state index contributed by atoms with van der Waals surface area (Å²) in [6, 6.07) is 0. The van der Waals surface area contributed by atoms with E-state index in [0.717, 1.165) is 58.2 Å². The molecule has 29 heavy (non-hydrogen) atoms. The maximum absolute atomic E-state index is 12.1. The summed E-state index contributed by atoms with van der Waals surface area (Å²) in [4.78, 5) is 17.1. The molecule has 1 unspecified atom stereocenters. The number of ether oxygens (including phenoxy) is 4. The van der Waals surface area contributed by atoms with Crippen LogP contribution in [0.25, 0.3) is 0 Å². The van der Waals surface area contributed by atoms with Crippen LogP contribution in [0.3, 0.4) is 0 Å². The minimum Gasteiger partial charge on any atom is -0.466 e. The van der Waals surface area contributed by atoms with Crippen molar-refractivity contribution in [2.45, 2.75) is 76.3 Å². The van der Waals surface area contributed by atoms with E-state index in [1.165, 1.54) is 12.8 Å². The molecule has 7 heteroatoms. The smallest absolute Gasteiger partial charge is 0.308 e. The summed E-state index contributed by atoms with van der Waals surface area (Å²) in [7, 11) is 3.55. The number of esters is 1. The van der Waals surface area contributed by atoms with Crippen molar-refractivity contribution in [3.8, 4) is 0 Å². The molecule has 2 aliphatic heterocycles. The second kappa shape index (κ2) is 11.0. The van der Waals surface area contributed by atoms with Crippen molar-refractivity contribution >= 4 is 5.97 Å². The molecule has 1 saturated carbocycles. The van der Waals surface area contributed by atoms with E-state index >= 15 is 0 Å². The Morgan fingerprint density at radius 2 is 1.66 bits per heavy atom. The number of carbonyl (C=O) groups is 1. The van der Waals surface area contributed by atoms with Crippen molar-refractivity contribution in [3.63, 3.8) is 0 Å². The number of hydrogen-bond acceptors (Lipinski definition) is 7. The van der Waals surface area contributed by atoms with Gasteiger partial charge in [0.1, 0.15) is 0 Å². The molecule has 0 bridgehead atoms. The molecule has 0 N–H and O–H groups in total. The predicted molar refractivity (Wildman–Crippen MR) is 110 cm³/mol. The van der Waals surface area contributed by atoms with Crippen molar-refractivity contribution in [2.75, 3.05) is 53.7 Å². The Morgan fingerprint density at radius 3 is 2.24 bits per heavy atom. The van der Waals surface area contributed by atoms with Crippen LogP contribution in [0.5, 0.6) is 0 Å². The third kappa shape index (κ3) is 5.50. The fourth-order valence-corrected chi connectivity index (χ4v) is 5.38. The largest absolute Gasteiger partial charge is 0.466 e. The maximum Gasteiger partial charge on any atom is 0.308 e. The van der Waals surface area contributed by atoms with Crippen LogP contribution in [0.2, 0.25) is 0 Å². The number of rotatable bonds is 10. The van der Waals surface area contributed by atoms with Crippen LogP contribution >= 0.6 is 0 Å². The zero-order valence-corrected chi connectivity index (χ0v) is 18.6. The van der Waals surface area contributed by atoms with Crippen LogP contribution < -0.4 is 0 Å². The summed E-state index contributed by atoms with van der Waals surface area (Å²) >= 11 is 0. The van der Waals surface area contributed by atoms with Gasteiger partial charge in [-0.25, -0.2) is 0 Å². The minimum absolute atomic E-state index is 0.0329. The molecule has 3 aliphatic rings. The topological polar surface area (TPSA) is 60.5 Å². The van der Waals surface area contributed by atoms with Gasteiger partial charge in [-0.05, 0) is 58.3 Å². The molecule has 3 fully saturated rings. The first-order chi connectivity index (χ1) is 14.1. The Labute approximate surface area is 176 Å². The Kier molecular flexibility index (Phi) is 8.74. The van der Waals surface area contributed by atoms with Crippen LogP contribution in [0.1, 0.15) is 58.3 Å². The molecule has 7 nitrogen and oxygen atoms in total. The standard InChI is InChI=1S/C22H40N2O5/c1-4-28-20(25)18-8-10-19(11-9-18)29-21(23-13-5-6-14-23)24-15-7-12-22(24,16-26-2)17-27-3/h18-19,21H,4-17H2,1-3H3. The van der Waals surface area contributed by atoms with Crippen molar-refractivity contribution in [1.82, 2.24) is 9.80 Å². The number of methoxy groups -OCH3 is 2. The normalized spacial score (nSPS) is 29.2. The van der Waals surface area contributed by atoms with Crippen LogP contribution in [0.15, 0.2) is 0 Å². The summed E-state index contributed by atoms with van der Waals surface area (Å²) in [5.41, 5.74) is -0.126. The first kappa shape index (κ1) is 22.9. The molecule has 0 radical (unpaired) electrons. The number of nitrogens with zero attached hydrogens (tertiary/aromatic N) is 2. The summed E-state index contributed by atoms with van der Waals surface area (Å²) in [5.74, 6) is -0.00584. The minimum atomic E-state index is -0.126. The highest BCUT2D eigenvalue weighted by Crippen LogP contribution is 2.36. The Balaban J connectivity index is 1.67. The monoisotopic (exact) mass is 412 g/mol. The average Bonchev–Trinajstić information content (AvgIpc) is 3.38. The Hall–Kier alpha value is -0.730. The number of likely N-dealkylation sites (tertiary alicyclic amines) is 2. The highest BCUT2D eigenvalue weighted by molar-refractivity contribution is 5.72. The summed E-state index contributed by atoms with van der Waals surface area (Å²) in [5, 5.41) is 0. The zero-order chi connectivity index (χ0) is 20.7. The summed E-state index contributed by atoms with van der Waals surface area (Å²) < 4.78 is 23.3. The number of hydrogen-bond donors (Lipinski definition) is 0. The third-order valence-corrected chi connectivity index (χ3v) is 6.80. The average molecular weight is 413 g/mol. The zero-order valence-electron chi connectivity index (χ0n) is 18.6. The van der Waals surface area contributed by atoms with Gasteiger partial charge >= 0.3 is 5.97 Å². The first-order valence-electron chi connectivity index (χ1n) is 11.4. The van der Waals surface area contributed by atoms with E-state index < -0.39 is 0 Å². The van der Waals surface area contributed by atoms with E-state index in [4.69, 9.17) is 18.9 Å². The van der Waals surface area contributed by atoms with Gasteiger partial charge in [-0.1, -0.05) is 0 Å². The molecule has 0 spiro atoms. The molecular weight excluding hydrogens is 372 g/mol. The maximum atomic E-state index is 12.1. The summed E-state index contributed by atoms with van der Waals surface area (Å²) in [6.45, 7) is 6.81. The van der Waals surface area contributed by atoms with Crippen molar-refractivity contribution in [1.29, 1.82) is 0 Å². The van der Waals surface area contributed by atoms with Crippen LogP contribution in [0.4, 0.5) is 0 Å².